The summed E-state index contributed by atoms with van der Waals surface area (Å²) in [4.78, 5) is 19.2. The van der Waals surface area contributed by atoms with Gasteiger partial charge in [0.2, 0.25) is 0 Å². The maximum Gasteiger partial charge on any atom is 0.183 e. The molecule has 132 valence electrons. The Labute approximate surface area is 160 Å². The molecule has 1 aromatic carbocycles. The fraction of sp³-hybridized carbons (Fsp3) is 0.158. The molecule has 0 unspecified atom stereocenters. The lowest BCUT2D eigenvalue weighted by molar-refractivity contribution is 1.14. The van der Waals surface area contributed by atoms with E-state index in [2.05, 4.69) is 19.9 Å². The first kappa shape index (κ1) is 18.2. The number of fused-ring (bicyclic) bond motifs is 1. The van der Waals surface area contributed by atoms with E-state index in [0.717, 1.165) is 32.1 Å². The Kier molecular flexibility index (Phi) is 5.75. The molecular formula is C19H18ClN5S. The minimum Gasteiger partial charge on any atom is -0.383 e. The van der Waals surface area contributed by atoms with Crippen molar-refractivity contribution in [2.75, 3.05) is 5.73 Å². The van der Waals surface area contributed by atoms with Crippen LogP contribution in [0.2, 0.25) is 5.02 Å². The van der Waals surface area contributed by atoms with E-state index in [-0.39, 0.29) is 0 Å². The Bertz CT molecular complexity index is 1020. The third-order valence-electron chi connectivity index (χ3n) is 3.59. The van der Waals surface area contributed by atoms with Crippen molar-refractivity contribution in [3.05, 3.63) is 64.4 Å². The standard InChI is InChI=1S/C17H12ClN5S.C2H6/c18-13-4-2-1-3-10(13)7-11-8-12-15(19)22-16(23-17(12)24-11)14-9-20-5-6-21-14;1-2/h1-6,8-9H,7H2,(H2,19,22,23);1-2H3. The monoisotopic (exact) mass is 383 g/mol. The van der Waals surface area contributed by atoms with Gasteiger partial charge in [-0.05, 0) is 17.7 Å². The van der Waals surface area contributed by atoms with Crippen molar-refractivity contribution in [3.63, 3.8) is 0 Å². The molecule has 0 saturated carbocycles. The predicted molar refractivity (Wildman–Crippen MR) is 108 cm³/mol. The normalized spacial score (nSPS) is 10.4. The lowest BCUT2D eigenvalue weighted by atomic mass is 10.1. The van der Waals surface area contributed by atoms with Crippen molar-refractivity contribution in [1.29, 1.82) is 0 Å². The molecule has 4 aromatic rings. The minimum absolute atomic E-state index is 0.447. The van der Waals surface area contributed by atoms with Crippen molar-refractivity contribution < 1.29 is 0 Å². The van der Waals surface area contributed by atoms with Gasteiger partial charge < -0.3 is 5.73 Å². The summed E-state index contributed by atoms with van der Waals surface area (Å²) in [5.41, 5.74) is 7.79. The van der Waals surface area contributed by atoms with Gasteiger partial charge in [-0.2, -0.15) is 0 Å². The van der Waals surface area contributed by atoms with Gasteiger partial charge in [0.1, 0.15) is 16.3 Å². The molecule has 2 N–H and O–H groups in total. The molecule has 0 fully saturated rings. The first-order chi connectivity index (χ1) is 12.7. The smallest absolute Gasteiger partial charge is 0.183 e. The number of halogens is 1. The van der Waals surface area contributed by atoms with Crippen LogP contribution in [-0.2, 0) is 6.42 Å². The summed E-state index contributed by atoms with van der Waals surface area (Å²) in [7, 11) is 0. The molecule has 7 heteroatoms. The van der Waals surface area contributed by atoms with E-state index < -0.39 is 0 Å². The molecule has 0 aliphatic rings. The second kappa shape index (κ2) is 8.21. The molecule has 0 bridgehead atoms. The number of hydrogen-bond acceptors (Lipinski definition) is 6. The molecule has 0 atom stereocenters. The lowest BCUT2D eigenvalue weighted by Crippen LogP contribution is -1.97. The van der Waals surface area contributed by atoms with Gasteiger partial charge in [0.15, 0.2) is 5.82 Å². The second-order valence-corrected chi connectivity index (χ2v) is 6.75. The van der Waals surface area contributed by atoms with Crippen LogP contribution in [0.4, 0.5) is 5.82 Å². The Balaban J connectivity index is 0.000000948. The molecule has 3 heterocycles. The van der Waals surface area contributed by atoms with Crippen LogP contribution in [0.1, 0.15) is 24.3 Å². The largest absolute Gasteiger partial charge is 0.383 e. The van der Waals surface area contributed by atoms with E-state index in [1.165, 1.54) is 0 Å². The van der Waals surface area contributed by atoms with Crippen molar-refractivity contribution >= 4 is 39.0 Å². The summed E-state index contributed by atoms with van der Waals surface area (Å²) in [6, 6.07) is 9.85. The Hall–Kier alpha value is -2.57. The van der Waals surface area contributed by atoms with Crippen LogP contribution in [0.3, 0.4) is 0 Å². The predicted octanol–water partition coefficient (Wildman–Crippen LogP) is 5.00. The Morgan fingerprint density at radius 2 is 1.92 bits per heavy atom. The van der Waals surface area contributed by atoms with Crippen LogP contribution in [0.5, 0.6) is 0 Å². The summed E-state index contributed by atoms with van der Waals surface area (Å²) in [6.07, 6.45) is 5.58. The van der Waals surface area contributed by atoms with E-state index in [1.807, 2.05) is 44.2 Å². The lowest BCUT2D eigenvalue weighted by Gasteiger charge is -2.00. The summed E-state index contributed by atoms with van der Waals surface area (Å²) >= 11 is 7.83. The topological polar surface area (TPSA) is 77.6 Å². The van der Waals surface area contributed by atoms with Gasteiger partial charge in [-0.3, -0.25) is 4.98 Å². The van der Waals surface area contributed by atoms with E-state index in [0.29, 0.717) is 17.3 Å². The zero-order valence-electron chi connectivity index (χ0n) is 14.5. The van der Waals surface area contributed by atoms with Crippen LogP contribution in [-0.4, -0.2) is 19.9 Å². The minimum atomic E-state index is 0.447. The highest BCUT2D eigenvalue weighted by Crippen LogP contribution is 2.31. The Morgan fingerprint density at radius 1 is 1.12 bits per heavy atom. The summed E-state index contributed by atoms with van der Waals surface area (Å²) < 4.78 is 0. The number of aromatic nitrogens is 4. The third kappa shape index (κ3) is 3.81. The van der Waals surface area contributed by atoms with Gasteiger partial charge in [0.25, 0.3) is 0 Å². The van der Waals surface area contributed by atoms with E-state index in [9.17, 15) is 0 Å². The number of hydrogen-bond donors (Lipinski definition) is 1. The summed E-state index contributed by atoms with van der Waals surface area (Å²) in [5, 5.41) is 1.61. The number of rotatable bonds is 3. The maximum atomic E-state index is 6.25. The first-order valence-corrected chi connectivity index (χ1v) is 9.46. The molecule has 26 heavy (non-hydrogen) atoms. The van der Waals surface area contributed by atoms with E-state index in [1.54, 1.807) is 29.9 Å². The molecule has 4 rings (SSSR count). The molecule has 0 spiro atoms. The van der Waals surface area contributed by atoms with Crippen LogP contribution in [0.25, 0.3) is 21.7 Å². The first-order valence-electron chi connectivity index (χ1n) is 8.26. The van der Waals surface area contributed by atoms with Crippen LogP contribution >= 0.6 is 22.9 Å². The number of nitrogens with two attached hydrogens (primary N) is 1. The molecule has 0 amide bonds. The molecule has 0 saturated heterocycles. The highest BCUT2D eigenvalue weighted by Gasteiger charge is 2.13. The van der Waals surface area contributed by atoms with Gasteiger partial charge in [-0.15, -0.1) is 11.3 Å². The van der Waals surface area contributed by atoms with Gasteiger partial charge in [0, 0.05) is 28.7 Å². The van der Waals surface area contributed by atoms with Crippen molar-refractivity contribution in [2.45, 2.75) is 20.3 Å². The maximum absolute atomic E-state index is 6.25. The van der Waals surface area contributed by atoms with Crippen molar-refractivity contribution in [2.24, 2.45) is 0 Å². The molecular weight excluding hydrogens is 366 g/mol. The molecule has 0 radical (unpaired) electrons. The van der Waals surface area contributed by atoms with Crippen molar-refractivity contribution in [1.82, 2.24) is 19.9 Å². The van der Waals surface area contributed by atoms with E-state index >= 15 is 0 Å². The fourth-order valence-corrected chi connectivity index (χ4v) is 3.70. The molecule has 5 nitrogen and oxygen atoms in total. The summed E-state index contributed by atoms with van der Waals surface area (Å²) in [5.74, 6) is 0.932. The van der Waals surface area contributed by atoms with Crippen LogP contribution in [0.15, 0.2) is 48.9 Å². The van der Waals surface area contributed by atoms with Gasteiger partial charge >= 0.3 is 0 Å². The van der Waals surface area contributed by atoms with Crippen molar-refractivity contribution in [3.8, 4) is 11.5 Å². The van der Waals surface area contributed by atoms with Gasteiger partial charge in [-0.1, -0.05) is 43.6 Å². The van der Waals surface area contributed by atoms with Crippen LogP contribution in [0, 0.1) is 0 Å². The number of anilines is 1. The Morgan fingerprint density at radius 3 is 2.65 bits per heavy atom. The zero-order valence-corrected chi connectivity index (χ0v) is 16.1. The zero-order chi connectivity index (χ0) is 18.5. The molecule has 0 aliphatic carbocycles. The van der Waals surface area contributed by atoms with Gasteiger partial charge in [0.05, 0.1) is 11.6 Å². The summed E-state index contributed by atoms with van der Waals surface area (Å²) in [6.45, 7) is 4.00. The number of thiophene rings is 1. The molecule has 0 aliphatic heterocycles. The van der Waals surface area contributed by atoms with Gasteiger partial charge in [-0.25, -0.2) is 15.0 Å². The number of benzene rings is 1. The average Bonchev–Trinajstić information content (AvgIpc) is 3.09. The highest BCUT2D eigenvalue weighted by molar-refractivity contribution is 7.18. The third-order valence-corrected chi connectivity index (χ3v) is 4.99. The van der Waals surface area contributed by atoms with E-state index in [4.69, 9.17) is 17.3 Å². The highest BCUT2D eigenvalue weighted by atomic mass is 35.5. The number of nitrogen functional groups attached to an aromatic ring is 1. The molecule has 3 aromatic heterocycles. The van der Waals surface area contributed by atoms with Crippen LogP contribution < -0.4 is 5.73 Å². The fourth-order valence-electron chi connectivity index (χ4n) is 2.44. The second-order valence-electron chi connectivity index (χ2n) is 5.22. The number of nitrogens with zero attached hydrogens (tertiary/aromatic N) is 4. The SMILES string of the molecule is CC.Nc1nc(-c2cnccn2)nc2sc(Cc3ccccc3Cl)cc12. The quantitative estimate of drug-likeness (QED) is 0.538. The average molecular weight is 384 g/mol.